The van der Waals surface area contributed by atoms with E-state index in [1.807, 2.05) is 0 Å². The van der Waals surface area contributed by atoms with Crippen molar-refractivity contribution in [3.05, 3.63) is 70.8 Å². The Kier molecular flexibility index (Phi) is 33.3. The van der Waals surface area contributed by atoms with Crippen molar-refractivity contribution in [2.75, 3.05) is 82.6 Å². The summed E-state index contributed by atoms with van der Waals surface area (Å²) in [4.78, 5) is 6.13. The number of benzene rings is 2. The Morgan fingerprint density at radius 3 is 0.788 bits per heavy atom. The molecule has 0 saturated heterocycles. The van der Waals surface area contributed by atoms with Crippen molar-refractivity contribution < 1.29 is 67.5 Å². The number of quaternary nitrogens is 6. The number of rotatable bonds is 12. The molecule has 0 amide bonds. The standard InChI is InChI=1S/2C14H24N2P.2C6H16N2.2Li/c2*1-13(2,3)15-17(16-14(4,5)6)12-10-8-7-9-11-12;2*1-7(2)5-6-8(3)4;;/h2*7-11,15H,1-6H3;2*5-6H2,1-4H3;;/q2*-1;;;2*+1/p+6/t2*17-;;;;/m10..../s1. The molecule has 0 saturated carbocycles. The zero-order valence-electron chi connectivity index (χ0n) is 38.5. The van der Waals surface area contributed by atoms with E-state index in [0.29, 0.717) is 0 Å². The summed E-state index contributed by atoms with van der Waals surface area (Å²) in [5.41, 5.74) is 0.444. The summed E-state index contributed by atoms with van der Waals surface area (Å²) in [7, 11) is 16.4. The van der Waals surface area contributed by atoms with E-state index in [1.165, 1.54) is 56.4 Å². The predicted octanol–water partition coefficient (Wildman–Crippen LogP) is -5.13. The number of likely N-dealkylation sites (N-methyl/N-ethyl adjacent to an activating group) is 4. The molecule has 2 aromatic rings. The molecule has 12 heteroatoms. The molecule has 0 bridgehead atoms. The second kappa shape index (κ2) is 29.4. The molecule has 8 nitrogen and oxygen atoms in total. The van der Waals surface area contributed by atoms with E-state index < -0.39 is 16.4 Å². The predicted molar refractivity (Wildman–Crippen MR) is 226 cm³/mol. The van der Waals surface area contributed by atoms with E-state index in [9.17, 15) is 0 Å². The van der Waals surface area contributed by atoms with Gasteiger partial charge >= 0.3 is 37.7 Å². The molecule has 0 spiro atoms. The maximum atomic E-state index is 4.97. The Hall–Kier alpha value is 0.175. The van der Waals surface area contributed by atoms with E-state index >= 15 is 0 Å². The molecule has 8 N–H and O–H groups in total. The molecule has 0 fully saturated rings. The van der Waals surface area contributed by atoms with Gasteiger partial charge < -0.3 is 39.9 Å². The van der Waals surface area contributed by atoms with Crippen molar-refractivity contribution >= 4 is 27.1 Å². The van der Waals surface area contributed by atoms with Gasteiger partial charge in [0.05, 0.1) is 67.5 Å². The Labute approximate surface area is 351 Å². The van der Waals surface area contributed by atoms with Crippen LogP contribution in [0.3, 0.4) is 0 Å². The molecular formula is C40H86Li2N8P2+6. The van der Waals surface area contributed by atoms with Gasteiger partial charge in [0, 0.05) is 27.1 Å². The fraction of sp³-hybridized carbons (Fsp3) is 0.700. The maximum absolute atomic E-state index is 4.97. The smallest absolute Gasteiger partial charge is 0.576 e. The number of nitrogens with one attached hydrogen (secondary N) is 4. The van der Waals surface area contributed by atoms with E-state index in [2.05, 4.69) is 210 Å². The van der Waals surface area contributed by atoms with E-state index in [0.717, 1.165) is 0 Å². The van der Waals surface area contributed by atoms with Gasteiger partial charge in [-0.1, -0.05) is 102 Å². The van der Waals surface area contributed by atoms with Gasteiger partial charge in [-0.2, -0.15) is 0 Å². The molecule has 292 valence electrons. The molecule has 0 aliphatic heterocycles. The van der Waals surface area contributed by atoms with Crippen LogP contribution in [0.2, 0.25) is 0 Å². The molecule has 0 heterocycles. The maximum Gasteiger partial charge on any atom is 1.00 e. The molecule has 0 unspecified atom stereocenters. The second-order valence-electron chi connectivity index (χ2n) is 18.7. The quantitative estimate of drug-likeness (QED) is 0.0929. The molecule has 0 radical (unpaired) electrons. The van der Waals surface area contributed by atoms with Crippen LogP contribution in [0.5, 0.6) is 0 Å². The van der Waals surface area contributed by atoms with Gasteiger partial charge in [-0.05, 0) is 41.5 Å². The third-order valence-electron chi connectivity index (χ3n) is 6.13. The minimum absolute atomic E-state index is 0. The zero-order valence-corrected chi connectivity index (χ0v) is 40.3. The zero-order chi connectivity index (χ0) is 39.3. The summed E-state index contributed by atoms with van der Waals surface area (Å²) in [5.74, 6) is 0. The SMILES string of the molecule is CC(C)(C)[N-][P@@]([NH2+]C(C)(C)C)c1ccccc1.CC(C)(C)[N-][P@]([NH2+]C(C)(C)C)c1ccccc1.C[NH+](C)CC[NH+](C)C.C[NH+](C)CC[NH+](C)C.[Li+].[Li+]. The largest absolute Gasteiger partial charge is 1.00 e. The van der Waals surface area contributed by atoms with Crippen LogP contribution < -0.4 is 78.1 Å². The van der Waals surface area contributed by atoms with Crippen molar-refractivity contribution in [1.82, 2.24) is 0 Å². The van der Waals surface area contributed by atoms with Crippen molar-refractivity contribution in [3.8, 4) is 0 Å². The van der Waals surface area contributed by atoms with Crippen LogP contribution in [0.15, 0.2) is 60.7 Å². The molecular weight excluding hydrogens is 668 g/mol. The van der Waals surface area contributed by atoms with E-state index in [-0.39, 0.29) is 59.9 Å². The minimum atomic E-state index is -0.532. The number of hydrogen-bond acceptors (Lipinski definition) is 0. The van der Waals surface area contributed by atoms with Gasteiger partial charge in [0.25, 0.3) is 0 Å². The first kappa shape index (κ1) is 58.9. The van der Waals surface area contributed by atoms with Crippen molar-refractivity contribution in [2.45, 2.75) is 105 Å². The molecule has 0 aliphatic rings. The summed E-state index contributed by atoms with van der Waals surface area (Å²) >= 11 is 0. The fourth-order valence-corrected chi connectivity index (χ4v) is 8.22. The normalized spacial score (nSPS) is 13.1. The van der Waals surface area contributed by atoms with Crippen LogP contribution in [0, 0.1) is 0 Å². The average molecular weight is 755 g/mol. The molecule has 0 aliphatic carbocycles. The number of hydrogen-bond donors (Lipinski definition) is 6. The summed E-state index contributed by atoms with van der Waals surface area (Å²) < 4.78 is 0. The van der Waals surface area contributed by atoms with Gasteiger partial charge in [-0.15, -0.1) is 11.1 Å². The molecule has 2 atom stereocenters. The van der Waals surface area contributed by atoms with Crippen LogP contribution in [0.1, 0.15) is 83.1 Å². The average Bonchev–Trinajstić information content (AvgIpc) is 2.93. The van der Waals surface area contributed by atoms with Crippen LogP contribution in [0.25, 0.3) is 10.2 Å². The first-order chi connectivity index (χ1) is 22.6. The van der Waals surface area contributed by atoms with Gasteiger partial charge in [-0.3, -0.25) is 0 Å². The van der Waals surface area contributed by atoms with Crippen LogP contribution in [-0.2, 0) is 0 Å². The van der Waals surface area contributed by atoms with Gasteiger partial charge in [0.2, 0.25) is 0 Å². The Morgan fingerprint density at radius 2 is 0.635 bits per heavy atom. The van der Waals surface area contributed by atoms with Crippen LogP contribution in [-0.4, -0.2) is 105 Å². The fourth-order valence-electron chi connectivity index (χ4n) is 3.86. The van der Waals surface area contributed by atoms with Crippen molar-refractivity contribution in [2.24, 2.45) is 0 Å². The molecule has 2 rings (SSSR count). The van der Waals surface area contributed by atoms with Crippen LogP contribution in [0.4, 0.5) is 0 Å². The minimum Gasteiger partial charge on any atom is -0.576 e. The second-order valence-corrected chi connectivity index (χ2v) is 22.0. The summed E-state index contributed by atoms with van der Waals surface area (Å²) in [6.45, 7) is 31.5. The van der Waals surface area contributed by atoms with Crippen molar-refractivity contribution in [1.29, 1.82) is 0 Å². The van der Waals surface area contributed by atoms with E-state index in [4.69, 9.17) is 10.2 Å². The Balaban J connectivity index is -0.000000310. The van der Waals surface area contributed by atoms with Gasteiger partial charge in [-0.25, -0.2) is 0 Å². The Morgan fingerprint density at radius 1 is 0.423 bits per heavy atom. The Bertz CT molecular complexity index is 946. The number of nitrogens with zero attached hydrogens (tertiary/aromatic N) is 2. The summed E-state index contributed by atoms with van der Waals surface area (Å²) in [6.07, 6.45) is 0. The van der Waals surface area contributed by atoms with Crippen molar-refractivity contribution in [3.63, 3.8) is 0 Å². The first-order valence-corrected chi connectivity index (χ1v) is 21.4. The van der Waals surface area contributed by atoms with E-state index in [1.54, 1.807) is 0 Å². The first-order valence-electron chi connectivity index (χ1n) is 18.6. The monoisotopic (exact) mass is 755 g/mol. The summed E-state index contributed by atoms with van der Waals surface area (Å²) in [6, 6.07) is 21.2. The number of nitrogens with two attached hydrogens (primary N) is 2. The molecule has 2 aromatic carbocycles. The van der Waals surface area contributed by atoms with Gasteiger partial charge in [0.15, 0.2) is 0 Å². The molecule has 0 aromatic heterocycles. The van der Waals surface area contributed by atoms with Gasteiger partial charge in [0.1, 0.15) is 26.2 Å². The molecule has 52 heavy (non-hydrogen) atoms. The van der Waals surface area contributed by atoms with Crippen LogP contribution >= 0.6 is 16.4 Å². The third-order valence-corrected chi connectivity index (χ3v) is 11.4. The summed E-state index contributed by atoms with van der Waals surface area (Å²) in [5, 5.41) is 17.4. The topological polar surface area (TPSA) is 79.2 Å². The third kappa shape index (κ3) is 41.3.